The molecule has 0 aromatic heterocycles. The summed E-state index contributed by atoms with van der Waals surface area (Å²) < 4.78 is 0. The first-order valence-electron chi connectivity index (χ1n) is 11.0. The number of carbonyl (C=O) groups excluding carboxylic acids is 1. The molecule has 0 saturated carbocycles. The minimum Gasteiger partial charge on any atom is -0.299 e. The summed E-state index contributed by atoms with van der Waals surface area (Å²) in [5.41, 5.74) is -0.143. The second-order valence-electron chi connectivity index (χ2n) is 8.73. The maximum Gasteiger partial charge on any atom is 0.138 e. The third kappa shape index (κ3) is 16.5. The van der Waals surface area contributed by atoms with Gasteiger partial charge in [-0.05, 0) is 6.42 Å². The first kappa shape index (κ1) is 23.7. The Balaban J connectivity index is 3.12. The average molecular weight is 339 g/mol. The van der Waals surface area contributed by atoms with Crippen molar-refractivity contribution in [3.05, 3.63) is 0 Å². The van der Waals surface area contributed by atoms with Crippen molar-refractivity contribution in [3.8, 4) is 0 Å². The first-order chi connectivity index (χ1) is 11.5. The predicted molar refractivity (Wildman–Crippen MR) is 109 cm³/mol. The van der Waals surface area contributed by atoms with Gasteiger partial charge in [-0.3, -0.25) is 4.79 Å². The Labute approximate surface area is 153 Å². The first-order valence-corrected chi connectivity index (χ1v) is 11.0. The maximum absolute atomic E-state index is 11.8. The highest BCUT2D eigenvalue weighted by molar-refractivity contribution is 5.83. The van der Waals surface area contributed by atoms with E-state index in [9.17, 15) is 4.79 Å². The Morgan fingerprint density at radius 3 is 1.12 bits per heavy atom. The van der Waals surface area contributed by atoms with Gasteiger partial charge in [-0.2, -0.15) is 0 Å². The van der Waals surface area contributed by atoms with Gasteiger partial charge >= 0.3 is 0 Å². The van der Waals surface area contributed by atoms with E-state index in [0.29, 0.717) is 5.78 Å². The van der Waals surface area contributed by atoms with Gasteiger partial charge in [-0.1, -0.05) is 124 Å². The summed E-state index contributed by atoms with van der Waals surface area (Å²) in [4.78, 5) is 11.8. The van der Waals surface area contributed by atoms with Gasteiger partial charge in [0, 0.05) is 11.8 Å². The molecule has 0 bridgehead atoms. The van der Waals surface area contributed by atoms with Crippen LogP contribution in [-0.2, 0) is 4.79 Å². The van der Waals surface area contributed by atoms with Crippen molar-refractivity contribution < 1.29 is 4.79 Å². The van der Waals surface area contributed by atoms with Gasteiger partial charge in [0.2, 0.25) is 0 Å². The minimum atomic E-state index is -0.143. The lowest BCUT2D eigenvalue weighted by molar-refractivity contribution is -0.126. The van der Waals surface area contributed by atoms with Crippen LogP contribution in [0.15, 0.2) is 0 Å². The lowest BCUT2D eigenvalue weighted by Gasteiger charge is -2.16. The van der Waals surface area contributed by atoms with E-state index in [1.165, 1.54) is 96.3 Å². The van der Waals surface area contributed by atoms with Crippen molar-refractivity contribution in [1.82, 2.24) is 0 Å². The zero-order chi connectivity index (χ0) is 18.1. The third-order valence-corrected chi connectivity index (χ3v) is 5.09. The molecule has 24 heavy (non-hydrogen) atoms. The molecule has 0 aromatic rings. The van der Waals surface area contributed by atoms with Gasteiger partial charge in [0.05, 0.1) is 0 Å². The minimum absolute atomic E-state index is 0.143. The molecule has 1 nitrogen and oxygen atoms in total. The van der Waals surface area contributed by atoms with E-state index in [0.717, 1.165) is 12.8 Å². The van der Waals surface area contributed by atoms with E-state index in [-0.39, 0.29) is 5.41 Å². The predicted octanol–water partition coefficient (Wildman–Crippen LogP) is 8.25. The molecule has 0 rings (SSSR count). The van der Waals surface area contributed by atoms with Gasteiger partial charge in [-0.15, -0.1) is 0 Å². The van der Waals surface area contributed by atoms with Gasteiger partial charge < -0.3 is 0 Å². The molecule has 0 aliphatic heterocycles. The van der Waals surface area contributed by atoms with Crippen LogP contribution < -0.4 is 0 Å². The monoisotopic (exact) mass is 338 g/mol. The molecular weight excluding hydrogens is 292 g/mol. The standard InChI is InChI=1S/C23H46O/c1-5-6-7-8-9-10-11-12-13-14-15-16-17-18-19-20-21-22(24)23(2,3)4/h5-21H2,1-4H3. The summed E-state index contributed by atoms with van der Waals surface area (Å²) in [5.74, 6) is 0.424. The molecule has 0 aliphatic rings. The molecule has 0 aromatic carbocycles. The van der Waals surface area contributed by atoms with E-state index in [1.807, 2.05) is 20.8 Å². The number of carbonyl (C=O) groups is 1. The lowest BCUT2D eigenvalue weighted by Crippen LogP contribution is -2.19. The normalized spacial score (nSPS) is 11.8. The van der Waals surface area contributed by atoms with Crippen molar-refractivity contribution in [2.24, 2.45) is 5.41 Å². The molecule has 144 valence electrons. The smallest absolute Gasteiger partial charge is 0.138 e. The second kappa shape index (κ2) is 16.2. The van der Waals surface area contributed by atoms with Crippen LogP contribution >= 0.6 is 0 Å². The number of hydrogen-bond donors (Lipinski definition) is 0. The summed E-state index contributed by atoms with van der Waals surface area (Å²) in [5, 5.41) is 0. The van der Waals surface area contributed by atoms with Crippen molar-refractivity contribution in [2.45, 2.75) is 137 Å². The van der Waals surface area contributed by atoms with Gasteiger partial charge in [0.25, 0.3) is 0 Å². The average Bonchev–Trinajstić information content (AvgIpc) is 2.53. The molecule has 0 spiro atoms. The molecule has 0 N–H and O–H groups in total. The molecular formula is C23H46O. The van der Waals surface area contributed by atoms with E-state index in [1.54, 1.807) is 0 Å². The molecule has 0 radical (unpaired) electrons. The number of Topliss-reactive ketones (excluding diaryl/α,β-unsaturated/α-hetero) is 1. The summed E-state index contributed by atoms with van der Waals surface area (Å²) in [6, 6.07) is 0. The number of unbranched alkanes of at least 4 members (excludes halogenated alkanes) is 15. The van der Waals surface area contributed by atoms with Crippen LogP contribution in [-0.4, -0.2) is 5.78 Å². The fourth-order valence-electron chi connectivity index (χ4n) is 3.21. The van der Waals surface area contributed by atoms with Gasteiger partial charge in [-0.25, -0.2) is 0 Å². The van der Waals surface area contributed by atoms with E-state index in [4.69, 9.17) is 0 Å². The second-order valence-corrected chi connectivity index (χ2v) is 8.73. The van der Waals surface area contributed by atoms with Crippen LogP contribution in [0.4, 0.5) is 0 Å². The Morgan fingerprint density at radius 1 is 0.542 bits per heavy atom. The van der Waals surface area contributed by atoms with Crippen LogP contribution in [0.25, 0.3) is 0 Å². The zero-order valence-electron chi connectivity index (χ0n) is 17.4. The fourth-order valence-corrected chi connectivity index (χ4v) is 3.21. The highest BCUT2D eigenvalue weighted by Gasteiger charge is 2.19. The van der Waals surface area contributed by atoms with E-state index >= 15 is 0 Å². The maximum atomic E-state index is 11.8. The van der Waals surface area contributed by atoms with Crippen molar-refractivity contribution in [1.29, 1.82) is 0 Å². The Kier molecular flexibility index (Phi) is 15.9. The molecule has 0 saturated heterocycles. The van der Waals surface area contributed by atoms with Crippen molar-refractivity contribution >= 4 is 5.78 Å². The van der Waals surface area contributed by atoms with Crippen LogP contribution in [0.3, 0.4) is 0 Å². The number of hydrogen-bond acceptors (Lipinski definition) is 1. The number of ketones is 1. The Hall–Kier alpha value is -0.330. The van der Waals surface area contributed by atoms with E-state index in [2.05, 4.69) is 6.92 Å². The fraction of sp³-hybridized carbons (Fsp3) is 0.957. The molecule has 0 aliphatic carbocycles. The van der Waals surface area contributed by atoms with Crippen LogP contribution in [0.2, 0.25) is 0 Å². The van der Waals surface area contributed by atoms with E-state index < -0.39 is 0 Å². The number of rotatable bonds is 17. The van der Waals surface area contributed by atoms with Crippen molar-refractivity contribution in [2.75, 3.05) is 0 Å². The molecule has 0 unspecified atom stereocenters. The van der Waals surface area contributed by atoms with Crippen LogP contribution in [0.1, 0.15) is 137 Å². The molecule has 1 heteroatoms. The van der Waals surface area contributed by atoms with Crippen molar-refractivity contribution in [3.63, 3.8) is 0 Å². The molecule has 0 fully saturated rings. The summed E-state index contributed by atoms with van der Waals surface area (Å²) in [6.07, 6.45) is 22.9. The summed E-state index contributed by atoms with van der Waals surface area (Å²) in [6.45, 7) is 8.37. The highest BCUT2D eigenvalue weighted by Crippen LogP contribution is 2.19. The molecule has 0 heterocycles. The van der Waals surface area contributed by atoms with Crippen LogP contribution in [0.5, 0.6) is 0 Å². The quantitative estimate of drug-likeness (QED) is 0.244. The molecule has 0 amide bonds. The lowest BCUT2D eigenvalue weighted by atomic mass is 9.88. The SMILES string of the molecule is CCCCCCCCCCCCCCCCCCC(=O)C(C)(C)C. The largest absolute Gasteiger partial charge is 0.299 e. The summed E-state index contributed by atoms with van der Waals surface area (Å²) >= 11 is 0. The zero-order valence-corrected chi connectivity index (χ0v) is 17.4. The highest BCUT2D eigenvalue weighted by atomic mass is 16.1. The Morgan fingerprint density at radius 2 is 0.833 bits per heavy atom. The molecule has 0 atom stereocenters. The topological polar surface area (TPSA) is 17.1 Å². The Bertz CT molecular complexity index is 274. The van der Waals surface area contributed by atoms with Crippen LogP contribution in [0, 0.1) is 5.41 Å². The summed E-state index contributed by atoms with van der Waals surface area (Å²) in [7, 11) is 0. The van der Waals surface area contributed by atoms with Gasteiger partial charge in [0.15, 0.2) is 0 Å². The van der Waals surface area contributed by atoms with Gasteiger partial charge in [0.1, 0.15) is 5.78 Å². The third-order valence-electron chi connectivity index (χ3n) is 5.09.